The highest BCUT2D eigenvalue weighted by Crippen LogP contribution is 2.21. The lowest BCUT2D eigenvalue weighted by molar-refractivity contribution is 0.103. The van der Waals surface area contributed by atoms with E-state index in [1.54, 1.807) is 24.4 Å². The largest absolute Gasteiger partial charge is 0.507 e. The zero-order chi connectivity index (χ0) is 14.8. The van der Waals surface area contributed by atoms with Gasteiger partial charge in [-0.3, -0.25) is 4.79 Å². The van der Waals surface area contributed by atoms with E-state index in [1.807, 2.05) is 0 Å². The first-order chi connectivity index (χ1) is 10.1. The molecule has 1 aromatic carbocycles. The normalized spacial score (nSPS) is 10.5. The van der Waals surface area contributed by atoms with Crippen LogP contribution in [0.2, 0.25) is 0 Å². The van der Waals surface area contributed by atoms with Crippen LogP contribution in [0.25, 0.3) is 5.82 Å². The number of pyridine rings is 1. The van der Waals surface area contributed by atoms with Gasteiger partial charge in [0.2, 0.25) is 0 Å². The van der Waals surface area contributed by atoms with Gasteiger partial charge in [-0.05, 0) is 30.3 Å². The van der Waals surface area contributed by atoms with E-state index < -0.39 is 11.6 Å². The summed E-state index contributed by atoms with van der Waals surface area (Å²) >= 11 is 0. The summed E-state index contributed by atoms with van der Waals surface area (Å²) in [5, 5.41) is 13.7. The lowest BCUT2D eigenvalue weighted by atomic mass is 10.1. The number of aromatic hydroxyl groups is 1. The van der Waals surface area contributed by atoms with Gasteiger partial charge in [-0.15, -0.1) is 0 Å². The van der Waals surface area contributed by atoms with Gasteiger partial charge in [0, 0.05) is 12.4 Å². The number of hydrogen-bond donors (Lipinski definition) is 1. The molecule has 6 heteroatoms. The number of hydrogen-bond acceptors (Lipinski definition) is 4. The molecule has 0 bridgehead atoms. The summed E-state index contributed by atoms with van der Waals surface area (Å²) in [6.07, 6.45) is 4.44. The predicted octanol–water partition coefficient (Wildman–Crippen LogP) is 2.34. The topological polar surface area (TPSA) is 68.0 Å². The molecule has 0 atom stereocenters. The van der Waals surface area contributed by atoms with Crippen molar-refractivity contribution in [2.75, 3.05) is 0 Å². The Morgan fingerprint density at radius 3 is 2.86 bits per heavy atom. The number of phenols is 1. The molecule has 0 aliphatic rings. The van der Waals surface area contributed by atoms with Gasteiger partial charge in [0.25, 0.3) is 0 Å². The minimum atomic E-state index is -0.590. The van der Waals surface area contributed by atoms with Crippen molar-refractivity contribution in [2.45, 2.75) is 0 Å². The van der Waals surface area contributed by atoms with Gasteiger partial charge in [0.1, 0.15) is 11.6 Å². The lowest BCUT2D eigenvalue weighted by Crippen LogP contribution is -2.01. The Labute approximate surface area is 119 Å². The van der Waals surface area contributed by atoms with Crippen molar-refractivity contribution in [1.29, 1.82) is 0 Å². The molecule has 0 radical (unpaired) electrons. The Bertz CT molecular complexity index is 800. The van der Waals surface area contributed by atoms with Gasteiger partial charge in [0.15, 0.2) is 11.6 Å². The molecular formula is C15H10FN3O2. The van der Waals surface area contributed by atoms with Crippen LogP contribution in [0.15, 0.2) is 55.0 Å². The third kappa shape index (κ3) is 2.51. The summed E-state index contributed by atoms with van der Waals surface area (Å²) in [5.41, 5.74) is 0.136. The standard InChI is InChI=1S/C15H10FN3O2/c16-11-4-5-13(20)12(7-11)15(21)10-8-18-19(9-10)14-3-1-2-6-17-14/h1-9,20H. The maximum Gasteiger partial charge on any atom is 0.200 e. The average Bonchev–Trinajstić information content (AvgIpc) is 3.00. The minimum absolute atomic E-state index is 0.101. The maximum absolute atomic E-state index is 13.2. The van der Waals surface area contributed by atoms with Gasteiger partial charge in [-0.25, -0.2) is 14.1 Å². The smallest absolute Gasteiger partial charge is 0.200 e. The highest BCUT2D eigenvalue weighted by atomic mass is 19.1. The summed E-state index contributed by atoms with van der Waals surface area (Å²) in [6, 6.07) is 8.53. The number of carbonyl (C=O) groups is 1. The van der Waals surface area contributed by atoms with Crippen molar-refractivity contribution in [2.24, 2.45) is 0 Å². The van der Waals surface area contributed by atoms with E-state index in [1.165, 1.54) is 17.1 Å². The number of aromatic nitrogens is 3. The van der Waals surface area contributed by atoms with Crippen LogP contribution >= 0.6 is 0 Å². The van der Waals surface area contributed by atoms with Crippen molar-refractivity contribution >= 4 is 5.78 Å². The molecule has 0 aliphatic heterocycles. The average molecular weight is 283 g/mol. The van der Waals surface area contributed by atoms with E-state index in [9.17, 15) is 14.3 Å². The SMILES string of the molecule is O=C(c1cnn(-c2ccccn2)c1)c1cc(F)ccc1O. The van der Waals surface area contributed by atoms with Crippen LogP contribution in [-0.4, -0.2) is 25.7 Å². The molecule has 3 rings (SSSR count). The molecule has 0 aliphatic carbocycles. The third-order valence-corrected chi connectivity index (χ3v) is 2.93. The van der Waals surface area contributed by atoms with Gasteiger partial charge < -0.3 is 5.11 Å². The van der Waals surface area contributed by atoms with Crippen LogP contribution < -0.4 is 0 Å². The fourth-order valence-electron chi connectivity index (χ4n) is 1.90. The van der Waals surface area contributed by atoms with Gasteiger partial charge in [0.05, 0.1) is 17.3 Å². The molecule has 0 amide bonds. The number of carbonyl (C=O) groups excluding carboxylic acids is 1. The monoisotopic (exact) mass is 283 g/mol. The first kappa shape index (κ1) is 13.0. The van der Waals surface area contributed by atoms with Crippen molar-refractivity contribution in [1.82, 2.24) is 14.8 Å². The van der Waals surface area contributed by atoms with E-state index >= 15 is 0 Å². The quantitative estimate of drug-likeness (QED) is 0.749. The molecule has 0 saturated heterocycles. The first-order valence-corrected chi connectivity index (χ1v) is 6.14. The molecule has 0 saturated carbocycles. The molecule has 5 nitrogen and oxygen atoms in total. The number of ketones is 1. The molecule has 0 unspecified atom stereocenters. The number of phenolic OH excluding ortho intramolecular Hbond substituents is 1. The zero-order valence-corrected chi connectivity index (χ0v) is 10.8. The predicted molar refractivity (Wildman–Crippen MR) is 72.9 cm³/mol. The molecule has 0 spiro atoms. The molecule has 0 fully saturated rings. The van der Waals surface area contributed by atoms with Crippen LogP contribution in [0.5, 0.6) is 5.75 Å². The fraction of sp³-hybridized carbons (Fsp3) is 0. The molecule has 21 heavy (non-hydrogen) atoms. The van der Waals surface area contributed by atoms with Crippen molar-refractivity contribution in [3.63, 3.8) is 0 Å². The van der Waals surface area contributed by atoms with Crippen LogP contribution in [0.3, 0.4) is 0 Å². The number of benzene rings is 1. The van der Waals surface area contributed by atoms with Gasteiger partial charge in [-0.2, -0.15) is 5.10 Å². The Morgan fingerprint density at radius 2 is 2.10 bits per heavy atom. The van der Waals surface area contributed by atoms with Crippen LogP contribution in [0.4, 0.5) is 4.39 Å². The van der Waals surface area contributed by atoms with E-state index in [0.717, 1.165) is 18.2 Å². The van der Waals surface area contributed by atoms with Crippen molar-refractivity contribution in [3.05, 3.63) is 71.9 Å². The zero-order valence-electron chi connectivity index (χ0n) is 10.8. The summed E-state index contributed by atoms with van der Waals surface area (Å²) < 4.78 is 14.6. The Hall–Kier alpha value is -3.02. The summed E-state index contributed by atoms with van der Waals surface area (Å²) in [5.74, 6) is -0.811. The van der Waals surface area contributed by atoms with Crippen molar-refractivity contribution in [3.8, 4) is 11.6 Å². The highest BCUT2D eigenvalue weighted by Gasteiger charge is 2.16. The molecule has 104 valence electrons. The number of halogens is 1. The molecule has 2 heterocycles. The van der Waals surface area contributed by atoms with Crippen LogP contribution in [0, 0.1) is 5.82 Å². The van der Waals surface area contributed by atoms with E-state index in [-0.39, 0.29) is 16.9 Å². The van der Waals surface area contributed by atoms with E-state index in [0.29, 0.717) is 5.82 Å². The minimum Gasteiger partial charge on any atom is -0.507 e. The lowest BCUT2D eigenvalue weighted by Gasteiger charge is -2.02. The number of rotatable bonds is 3. The maximum atomic E-state index is 13.2. The molecular weight excluding hydrogens is 273 g/mol. The first-order valence-electron chi connectivity index (χ1n) is 6.14. The van der Waals surface area contributed by atoms with Crippen LogP contribution in [0.1, 0.15) is 15.9 Å². The highest BCUT2D eigenvalue weighted by molar-refractivity contribution is 6.10. The van der Waals surface area contributed by atoms with Gasteiger partial charge >= 0.3 is 0 Å². The number of nitrogens with zero attached hydrogens (tertiary/aromatic N) is 3. The Balaban J connectivity index is 1.96. The molecule has 1 N–H and O–H groups in total. The van der Waals surface area contributed by atoms with Gasteiger partial charge in [-0.1, -0.05) is 6.07 Å². The molecule has 2 aromatic heterocycles. The fourth-order valence-corrected chi connectivity index (χ4v) is 1.90. The second-order valence-corrected chi connectivity index (χ2v) is 4.35. The summed E-state index contributed by atoms with van der Waals surface area (Å²) in [4.78, 5) is 16.4. The van der Waals surface area contributed by atoms with Crippen molar-refractivity contribution < 1.29 is 14.3 Å². The Morgan fingerprint density at radius 1 is 1.24 bits per heavy atom. The third-order valence-electron chi connectivity index (χ3n) is 2.93. The second kappa shape index (κ2) is 5.16. The second-order valence-electron chi connectivity index (χ2n) is 4.35. The van der Waals surface area contributed by atoms with Crippen LogP contribution in [-0.2, 0) is 0 Å². The summed E-state index contributed by atoms with van der Waals surface area (Å²) in [7, 11) is 0. The Kier molecular flexibility index (Phi) is 3.19. The summed E-state index contributed by atoms with van der Waals surface area (Å²) in [6.45, 7) is 0. The molecule has 3 aromatic rings. The van der Waals surface area contributed by atoms with E-state index in [4.69, 9.17) is 0 Å². The van der Waals surface area contributed by atoms with E-state index in [2.05, 4.69) is 10.1 Å².